The van der Waals surface area contributed by atoms with Crippen molar-refractivity contribution in [2.45, 2.75) is 24.4 Å². The molecule has 1 amide bonds. The summed E-state index contributed by atoms with van der Waals surface area (Å²) in [6, 6.07) is 29.6. The largest absolute Gasteiger partial charge is 0.469 e. The Labute approximate surface area is 194 Å². The fourth-order valence-electron chi connectivity index (χ4n) is 4.00. The third kappa shape index (κ3) is 5.93. The number of amides is 1. The van der Waals surface area contributed by atoms with Crippen molar-refractivity contribution in [2.75, 3.05) is 13.7 Å². The van der Waals surface area contributed by atoms with Crippen molar-refractivity contribution in [3.63, 3.8) is 0 Å². The van der Waals surface area contributed by atoms with Gasteiger partial charge in [0, 0.05) is 13.0 Å². The van der Waals surface area contributed by atoms with E-state index in [0.29, 0.717) is 6.29 Å². The molecule has 3 aromatic rings. The van der Waals surface area contributed by atoms with Crippen LogP contribution in [0.5, 0.6) is 0 Å². The second-order valence-corrected chi connectivity index (χ2v) is 7.64. The number of nitrogens with one attached hydrogen (secondary N) is 2. The molecule has 0 heterocycles. The minimum Gasteiger partial charge on any atom is -0.469 e. The molecule has 2 N–H and O–H groups in total. The van der Waals surface area contributed by atoms with Gasteiger partial charge in [0.25, 0.3) is 0 Å². The highest BCUT2D eigenvalue weighted by atomic mass is 16.5. The Morgan fingerprint density at radius 1 is 0.848 bits per heavy atom. The van der Waals surface area contributed by atoms with Crippen LogP contribution in [0.4, 0.5) is 0 Å². The van der Waals surface area contributed by atoms with Gasteiger partial charge in [-0.2, -0.15) is 0 Å². The van der Waals surface area contributed by atoms with Crippen molar-refractivity contribution in [1.29, 1.82) is 0 Å². The van der Waals surface area contributed by atoms with Gasteiger partial charge < -0.3 is 10.1 Å². The number of carbonyl (C=O) groups is 3. The lowest BCUT2D eigenvalue weighted by molar-refractivity contribution is -0.140. The van der Waals surface area contributed by atoms with E-state index in [1.165, 1.54) is 7.11 Å². The Morgan fingerprint density at radius 3 is 1.70 bits per heavy atom. The van der Waals surface area contributed by atoms with E-state index in [2.05, 4.69) is 15.4 Å². The number of aldehydes is 1. The highest BCUT2D eigenvalue weighted by Gasteiger charge is 2.38. The van der Waals surface area contributed by atoms with Crippen LogP contribution in [0.15, 0.2) is 91.0 Å². The van der Waals surface area contributed by atoms with E-state index < -0.39 is 17.6 Å². The fourth-order valence-corrected chi connectivity index (χ4v) is 4.00. The summed E-state index contributed by atoms with van der Waals surface area (Å²) in [5.41, 5.74) is 2.16. The number of ether oxygens (including phenoxy) is 1. The quantitative estimate of drug-likeness (QED) is 0.205. The van der Waals surface area contributed by atoms with Crippen molar-refractivity contribution in [3.8, 4) is 0 Å². The highest BCUT2D eigenvalue weighted by molar-refractivity contribution is 5.82. The van der Waals surface area contributed by atoms with Gasteiger partial charge in [0.15, 0.2) is 6.29 Å². The average Bonchev–Trinajstić information content (AvgIpc) is 2.88. The molecule has 6 nitrogen and oxygen atoms in total. The maximum absolute atomic E-state index is 13.3. The molecule has 33 heavy (non-hydrogen) atoms. The molecular formula is C27H28N2O4. The van der Waals surface area contributed by atoms with E-state index in [1.54, 1.807) is 0 Å². The molecule has 170 valence electrons. The lowest BCUT2D eigenvalue weighted by Crippen LogP contribution is -2.49. The van der Waals surface area contributed by atoms with Gasteiger partial charge in [0.05, 0.1) is 18.9 Å². The standard InChI is InChI=1S/C27H28N2O4/c1-33-26(32)17-18-28-24(20-30)29-25(31)19-27(21-11-5-2-6-12-21,22-13-7-3-8-14-22)23-15-9-4-10-16-23/h2-16,20,24,28H,17-19H2,1H3,(H,29,31). The van der Waals surface area contributed by atoms with E-state index in [-0.39, 0.29) is 25.3 Å². The third-order valence-electron chi connectivity index (χ3n) is 5.60. The van der Waals surface area contributed by atoms with Gasteiger partial charge in [-0.1, -0.05) is 91.0 Å². The first-order chi connectivity index (χ1) is 16.1. The Kier molecular flexibility index (Phi) is 8.49. The minimum atomic E-state index is -0.915. The predicted molar refractivity (Wildman–Crippen MR) is 126 cm³/mol. The van der Waals surface area contributed by atoms with Gasteiger partial charge in [-0.25, -0.2) is 0 Å². The van der Waals surface area contributed by atoms with Crippen LogP contribution in [-0.4, -0.2) is 38.0 Å². The van der Waals surface area contributed by atoms with Crippen LogP contribution in [0, 0.1) is 0 Å². The summed E-state index contributed by atoms with van der Waals surface area (Å²) in [5, 5.41) is 5.62. The van der Waals surface area contributed by atoms with Crippen molar-refractivity contribution in [3.05, 3.63) is 108 Å². The first kappa shape index (κ1) is 23.9. The summed E-state index contributed by atoms with van der Waals surface area (Å²) >= 11 is 0. The van der Waals surface area contributed by atoms with E-state index in [4.69, 9.17) is 0 Å². The number of esters is 1. The molecule has 0 radical (unpaired) electrons. The molecule has 0 aromatic heterocycles. The molecule has 0 spiro atoms. The van der Waals surface area contributed by atoms with Gasteiger partial charge in [-0.3, -0.25) is 19.7 Å². The Morgan fingerprint density at radius 2 is 1.30 bits per heavy atom. The SMILES string of the molecule is COC(=O)CCNC(C=O)NC(=O)CC(c1ccccc1)(c1ccccc1)c1ccccc1. The van der Waals surface area contributed by atoms with Crippen molar-refractivity contribution >= 4 is 18.2 Å². The molecule has 6 heteroatoms. The molecule has 0 fully saturated rings. The highest BCUT2D eigenvalue weighted by Crippen LogP contribution is 2.42. The van der Waals surface area contributed by atoms with Gasteiger partial charge in [0.1, 0.15) is 6.17 Å². The fraction of sp³-hybridized carbons (Fsp3) is 0.222. The summed E-state index contributed by atoms with van der Waals surface area (Å²) in [6.07, 6.45) is -0.112. The van der Waals surface area contributed by atoms with Crippen molar-refractivity contribution in [1.82, 2.24) is 10.6 Å². The Hall–Kier alpha value is -3.77. The first-order valence-corrected chi connectivity index (χ1v) is 10.8. The summed E-state index contributed by atoms with van der Waals surface area (Å²) in [7, 11) is 1.30. The van der Waals surface area contributed by atoms with E-state index in [9.17, 15) is 14.4 Å². The Bertz CT molecular complexity index is 943. The normalized spacial score (nSPS) is 11.9. The van der Waals surface area contributed by atoms with Gasteiger partial charge >= 0.3 is 5.97 Å². The second-order valence-electron chi connectivity index (χ2n) is 7.64. The number of methoxy groups -OCH3 is 1. The molecule has 3 aromatic carbocycles. The smallest absolute Gasteiger partial charge is 0.306 e. The van der Waals surface area contributed by atoms with Gasteiger partial charge in [-0.15, -0.1) is 0 Å². The molecule has 3 rings (SSSR count). The van der Waals surface area contributed by atoms with Crippen LogP contribution in [-0.2, 0) is 24.5 Å². The maximum atomic E-state index is 13.3. The second kappa shape index (κ2) is 11.7. The lowest BCUT2D eigenvalue weighted by Gasteiger charge is -2.36. The van der Waals surface area contributed by atoms with Crippen molar-refractivity contribution < 1.29 is 19.1 Å². The summed E-state index contributed by atoms with van der Waals surface area (Å²) in [6.45, 7) is 0.206. The third-order valence-corrected chi connectivity index (χ3v) is 5.60. The number of rotatable bonds is 11. The molecule has 1 unspecified atom stereocenters. The topological polar surface area (TPSA) is 84.5 Å². The number of hydrogen-bond donors (Lipinski definition) is 2. The molecule has 0 bridgehead atoms. The summed E-state index contributed by atoms with van der Waals surface area (Å²) in [5.74, 6) is -0.691. The average molecular weight is 445 g/mol. The van der Waals surface area contributed by atoms with E-state index in [0.717, 1.165) is 16.7 Å². The van der Waals surface area contributed by atoms with Crippen LogP contribution in [0.25, 0.3) is 0 Å². The van der Waals surface area contributed by atoms with E-state index in [1.807, 2.05) is 91.0 Å². The lowest BCUT2D eigenvalue weighted by atomic mass is 9.67. The molecule has 0 saturated carbocycles. The molecular weight excluding hydrogens is 416 g/mol. The zero-order valence-corrected chi connectivity index (χ0v) is 18.6. The van der Waals surface area contributed by atoms with Crippen molar-refractivity contribution in [2.24, 2.45) is 0 Å². The molecule has 0 saturated heterocycles. The molecule has 1 atom stereocenters. The van der Waals surface area contributed by atoms with E-state index >= 15 is 0 Å². The first-order valence-electron chi connectivity index (χ1n) is 10.8. The van der Waals surface area contributed by atoms with Crippen LogP contribution in [0.3, 0.4) is 0 Å². The van der Waals surface area contributed by atoms with Crippen LogP contribution in [0.1, 0.15) is 29.5 Å². The zero-order valence-electron chi connectivity index (χ0n) is 18.6. The van der Waals surface area contributed by atoms with Crippen LogP contribution < -0.4 is 10.6 Å². The Balaban J connectivity index is 1.94. The van der Waals surface area contributed by atoms with Gasteiger partial charge in [0.2, 0.25) is 5.91 Å². The zero-order chi connectivity index (χ0) is 23.5. The number of carbonyl (C=O) groups excluding carboxylic acids is 3. The monoisotopic (exact) mass is 444 g/mol. The molecule has 0 aliphatic heterocycles. The van der Waals surface area contributed by atoms with Gasteiger partial charge in [-0.05, 0) is 16.7 Å². The minimum absolute atomic E-state index is 0.0913. The van der Waals surface area contributed by atoms with Crippen LogP contribution in [0.2, 0.25) is 0 Å². The number of hydrogen-bond acceptors (Lipinski definition) is 5. The van der Waals surface area contributed by atoms with Crippen LogP contribution >= 0.6 is 0 Å². The predicted octanol–water partition coefficient (Wildman–Crippen LogP) is 3.21. The molecule has 0 aliphatic carbocycles. The molecule has 0 aliphatic rings. The number of benzene rings is 3. The summed E-state index contributed by atoms with van der Waals surface area (Å²) < 4.78 is 4.60. The maximum Gasteiger partial charge on any atom is 0.306 e. The summed E-state index contributed by atoms with van der Waals surface area (Å²) in [4.78, 5) is 36.2.